The Morgan fingerprint density at radius 1 is 0.426 bits per heavy atom. The van der Waals surface area contributed by atoms with Crippen LogP contribution in [0, 0.1) is 0 Å². The molecule has 2 N–H and O–H groups in total. The molecule has 0 aliphatic rings. The number of hydrogen-bond donors (Lipinski definition) is 2. The first-order valence-electron chi connectivity index (χ1n) is 20.0. The second-order valence-corrected chi connectivity index (χ2v) is 12.4. The lowest BCUT2D eigenvalue weighted by Crippen LogP contribution is -2.48. The molecule has 0 aliphatic heterocycles. The molecule has 0 aliphatic carbocycles. The maximum absolute atomic E-state index is 12.4. The van der Waals surface area contributed by atoms with Crippen molar-refractivity contribution in [2.75, 3.05) is 13.7 Å². The van der Waals surface area contributed by atoms with Crippen LogP contribution in [-0.4, -0.2) is 37.5 Å². The van der Waals surface area contributed by atoms with E-state index in [-0.39, 0.29) is 24.8 Å². The average molecular weight is 739 g/mol. The van der Waals surface area contributed by atoms with Crippen LogP contribution in [0.15, 0.2) is 146 Å². The molecule has 0 heterocycles. The van der Waals surface area contributed by atoms with Gasteiger partial charge in [0.05, 0.1) is 7.11 Å². The fraction of sp³-hybridized carbons (Fsp3) is 0.438. The van der Waals surface area contributed by atoms with Gasteiger partial charge in [-0.05, 0) is 89.9 Å². The van der Waals surface area contributed by atoms with Crippen molar-refractivity contribution in [2.45, 2.75) is 123 Å². The fourth-order valence-electron chi connectivity index (χ4n) is 4.61. The molecular formula is C48H70N2O4. The Labute approximate surface area is 328 Å². The predicted octanol–water partition coefficient (Wildman–Crippen LogP) is 11.7. The third-order valence-corrected chi connectivity index (χ3v) is 7.59. The predicted molar refractivity (Wildman–Crippen MR) is 232 cm³/mol. The molecule has 0 saturated carbocycles. The molecule has 0 aromatic rings. The van der Waals surface area contributed by atoms with Gasteiger partial charge in [0.1, 0.15) is 6.04 Å². The topological polar surface area (TPSA) is 84.5 Å². The molecule has 0 radical (unpaired) electrons. The van der Waals surface area contributed by atoms with Crippen LogP contribution in [0.1, 0.15) is 117 Å². The minimum absolute atomic E-state index is 0.0130. The third kappa shape index (κ3) is 37.1. The van der Waals surface area contributed by atoms with E-state index >= 15 is 0 Å². The Balaban J connectivity index is 4.09. The van der Waals surface area contributed by atoms with Gasteiger partial charge in [0.15, 0.2) is 0 Å². The first-order valence-corrected chi connectivity index (χ1v) is 20.0. The quantitative estimate of drug-likeness (QED) is 0.0531. The van der Waals surface area contributed by atoms with Gasteiger partial charge in [0.25, 0.3) is 0 Å². The van der Waals surface area contributed by atoms with Crippen molar-refractivity contribution in [1.82, 2.24) is 10.6 Å². The molecule has 0 aromatic heterocycles. The summed E-state index contributed by atoms with van der Waals surface area (Å²) in [6.45, 7) is 4.27. The van der Waals surface area contributed by atoms with Crippen LogP contribution in [0.5, 0.6) is 0 Å². The molecule has 0 rings (SSSR count). The highest BCUT2D eigenvalue weighted by molar-refractivity contribution is 5.85. The molecule has 6 heteroatoms. The van der Waals surface area contributed by atoms with Gasteiger partial charge in [-0.1, -0.05) is 160 Å². The smallest absolute Gasteiger partial charge is 0.330 e. The summed E-state index contributed by atoms with van der Waals surface area (Å²) in [6.07, 6.45) is 64.6. The van der Waals surface area contributed by atoms with Crippen molar-refractivity contribution < 1.29 is 19.1 Å². The summed E-state index contributed by atoms with van der Waals surface area (Å²) in [5, 5.41) is 5.42. The number of methoxy groups -OCH3 is 1. The van der Waals surface area contributed by atoms with E-state index < -0.39 is 12.0 Å². The van der Waals surface area contributed by atoms with E-state index in [4.69, 9.17) is 4.74 Å². The van der Waals surface area contributed by atoms with Crippen LogP contribution in [0.3, 0.4) is 0 Å². The van der Waals surface area contributed by atoms with Crippen molar-refractivity contribution in [3.05, 3.63) is 146 Å². The number of amides is 2. The summed E-state index contributed by atoms with van der Waals surface area (Å²) in [5.41, 5.74) is 0. The number of carbonyl (C=O) groups is 3. The first-order chi connectivity index (χ1) is 26.5. The maximum atomic E-state index is 12.4. The van der Waals surface area contributed by atoms with Crippen LogP contribution >= 0.6 is 0 Å². The molecule has 54 heavy (non-hydrogen) atoms. The standard InChI is InChI=1S/C48H70N2O4/c1-4-6-8-10-12-14-16-18-20-22-24-26-28-30-32-34-36-38-40-42-46(51)49-44-45(48(53)54-3)50-47(52)43-41-39-37-35-33-31-29-27-25-23-21-19-17-15-13-11-9-7-5-2/h6-9,12-15,18-21,24-27,30-33,36-39,45H,4-5,10-11,16-17,22-23,28-29,34-35,40-44H2,1-3H3,(H,49,51)(H,50,52)/b8-6-,9-7-,14-12-,15-13-,20-18-,21-19-,26-24-,27-25-,32-30-,33-31-,38-36-,39-37-/t45-/m0/s1. The zero-order valence-corrected chi connectivity index (χ0v) is 33.6. The van der Waals surface area contributed by atoms with Gasteiger partial charge in [-0.2, -0.15) is 0 Å². The van der Waals surface area contributed by atoms with Crippen molar-refractivity contribution in [3.63, 3.8) is 0 Å². The average Bonchev–Trinajstić information content (AvgIpc) is 3.17. The number of carbonyl (C=O) groups excluding carboxylic acids is 3. The minimum atomic E-state index is -0.928. The summed E-state index contributed by atoms with van der Waals surface area (Å²) in [6, 6.07) is -0.928. The maximum Gasteiger partial charge on any atom is 0.330 e. The third-order valence-electron chi connectivity index (χ3n) is 7.59. The fourth-order valence-corrected chi connectivity index (χ4v) is 4.61. The second-order valence-electron chi connectivity index (χ2n) is 12.4. The monoisotopic (exact) mass is 739 g/mol. The van der Waals surface area contributed by atoms with Crippen LogP contribution in [-0.2, 0) is 19.1 Å². The normalized spacial score (nSPS) is 13.6. The van der Waals surface area contributed by atoms with Crippen molar-refractivity contribution in [3.8, 4) is 0 Å². The Morgan fingerprint density at radius 3 is 1.00 bits per heavy atom. The molecule has 0 saturated heterocycles. The van der Waals surface area contributed by atoms with Crippen LogP contribution < -0.4 is 10.6 Å². The van der Waals surface area contributed by atoms with Crippen LogP contribution in [0.4, 0.5) is 0 Å². The summed E-state index contributed by atoms with van der Waals surface area (Å²) in [5.74, 6) is -1.04. The Hall–Kier alpha value is -4.71. The number of allylic oxidation sites excluding steroid dienone is 24. The zero-order chi connectivity index (χ0) is 39.4. The lowest BCUT2D eigenvalue weighted by atomic mass is 10.2. The van der Waals surface area contributed by atoms with Crippen LogP contribution in [0.25, 0.3) is 0 Å². The lowest BCUT2D eigenvalue weighted by molar-refractivity contribution is -0.145. The number of ether oxygens (including phenoxy) is 1. The van der Waals surface area contributed by atoms with E-state index in [2.05, 4.69) is 146 Å². The first kappa shape index (κ1) is 49.3. The van der Waals surface area contributed by atoms with Gasteiger partial charge in [-0.25, -0.2) is 4.79 Å². The highest BCUT2D eigenvalue weighted by atomic mass is 16.5. The number of esters is 1. The summed E-state index contributed by atoms with van der Waals surface area (Å²) in [4.78, 5) is 37.0. The second kappa shape index (κ2) is 41.1. The van der Waals surface area contributed by atoms with E-state index in [0.717, 1.165) is 77.0 Å². The van der Waals surface area contributed by atoms with E-state index in [0.29, 0.717) is 19.3 Å². The Morgan fingerprint density at radius 2 is 0.704 bits per heavy atom. The molecule has 6 nitrogen and oxygen atoms in total. The number of nitrogens with one attached hydrogen (secondary N) is 2. The van der Waals surface area contributed by atoms with Gasteiger partial charge in [0.2, 0.25) is 11.8 Å². The molecule has 0 fully saturated rings. The summed E-state index contributed by atoms with van der Waals surface area (Å²) >= 11 is 0. The summed E-state index contributed by atoms with van der Waals surface area (Å²) in [7, 11) is 1.27. The lowest BCUT2D eigenvalue weighted by Gasteiger charge is -2.17. The van der Waals surface area contributed by atoms with Gasteiger partial charge in [-0.15, -0.1) is 0 Å². The molecule has 0 unspecified atom stereocenters. The van der Waals surface area contributed by atoms with E-state index in [1.807, 2.05) is 24.3 Å². The SMILES string of the molecule is CC/C=C\C/C=C\C/C=C\C/C=C\C/C=C\C/C=C\CCC(=O)NC[C@H](NC(=O)CC/C=C\C/C=C\C/C=C\C/C=C\C/C=C\C/C=C\CC)C(=O)OC. The highest BCUT2D eigenvalue weighted by Gasteiger charge is 2.21. The molecule has 296 valence electrons. The Kier molecular flexibility index (Phi) is 37.5. The largest absolute Gasteiger partial charge is 0.467 e. The van der Waals surface area contributed by atoms with E-state index in [1.54, 1.807) is 0 Å². The van der Waals surface area contributed by atoms with Crippen molar-refractivity contribution in [1.29, 1.82) is 0 Å². The van der Waals surface area contributed by atoms with Gasteiger partial charge in [0, 0.05) is 19.4 Å². The van der Waals surface area contributed by atoms with E-state index in [9.17, 15) is 14.4 Å². The van der Waals surface area contributed by atoms with Crippen molar-refractivity contribution in [2.24, 2.45) is 0 Å². The Bertz CT molecular complexity index is 1320. The minimum Gasteiger partial charge on any atom is -0.467 e. The van der Waals surface area contributed by atoms with Crippen molar-refractivity contribution >= 4 is 17.8 Å². The molecule has 1 atom stereocenters. The number of hydrogen-bond acceptors (Lipinski definition) is 4. The molecule has 2 amide bonds. The van der Waals surface area contributed by atoms with Gasteiger partial charge in [-0.3, -0.25) is 9.59 Å². The molecular weight excluding hydrogens is 669 g/mol. The molecule has 0 aromatic carbocycles. The molecule has 0 bridgehead atoms. The summed E-state index contributed by atoms with van der Waals surface area (Å²) < 4.78 is 4.83. The zero-order valence-electron chi connectivity index (χ0n) is 33.6. The number of rotatable bonds is 32. The van der Waals surface area contributed by atoms with E-state index in [1.165, 1.54) is 7.11 Å². The van der Waals surface area contributed by atoms with Crippen LogP contribution in [0.2, 0.25) is 0 Å². The van der Waals surface area contributed by atoms with Gasteiger partial charge < -0.3 is 15.4 Å². The molecule has 0 spiro atoms. The van der Waals surface area contributed by atoms with Gasteiger partial charge >= 0.3 is 5.97 Å². The highest BCUT2D eigenvalue weighted by Crippen LogP contribution is 2.01.